The molecular weight excluding hydrogens is 381 g/mol. The van der Waals surface area contributed by atoms with Crippen molar-refractivity contribution in [3.63, 3.8) is 0 Å². The van der Waals surface area contributed by atoms with Gasteiger partial charge in [0.15, 0.2) is 0 Å². The molecule has 0 aromatic heterocycles. The summed E-state index contributed by atoms with van der Waals surface area (Å²) in [6, 6.07) is 8.57. The van der Waals surface area contributed by atoms with Crippen molar-refractivity contribution in [3.8, 4) is 0 Å². The summed E-state index contributed by atoms with van der Waals surface area (Å²) in [7, 11) is 0. The van der Waals surface area contributed by atoms with Crippen LogP contribution in [-0.4, -0.2) is 18.4 Å². The molecule has 0 bridgehead atoms. The van der Waals surface area contributed by atoms with Crippen molar-refractivity contribution in [2.24, 2.45) is 0 Å². The number of nitrogens with zero attached hydrogens (tertiary/aromatic N) is 1. The minimum Gasteiger partial charge on any atom is -0.325 e. The number of aryl methyl sites for hydroxylation is 2. The number of carbonyl (C=O) groups excluding carboxylic acids is 2. The third kappa shape index (κ3) is 5.23. The SMILES string of the molecule is CC(=O)N(CC(=O)Nc1ccc(Cl)c(C(F)(F)F)c1)c1cc(C)ccc1C. The second-order valence-corrected chi connectivity index (χ2v) is 6.54. The van der Waals surface area contributed by atoms with E-state index >= 15 is 0 Å². The molecule has 144 valence electrons. The number of hydrogen-bond acceptors (Lipinski definition) is 2. The molecule has 0 unspecified atom stereocenters. The van der Waals surface area contributed by atoms with Crippen LogP contribution in [0.3, 0.4) is 0 Å². The summed E-state index contributed by atoms with van der Waals surface area (Å²) in [6.45, 7) is 4.65. The number of anilines is 2. The van der Waals surface area contributed by atoms with Crippen molar-refractivity contribution in [1.82, 2.24) is 0 Å². The number of hydrogen-bond donors (Lipinski definition) is 1. The number of carbonyl (C=O) groups is 2. The first-order valence-electron chi connectivity index (χ1n) is 8.01. The van der Waals surface area contributed by atoms with Crippen LogP contribution in [0.2, 0.25) is 5.02 Å². The Morgan fingerprint density at radius 2 is 1.78 bits per heavy atom. The molecule has 0 saturated heterocycles. The maximum atomic E-state index is 12.9. The zero-order valence-electron chi connectivity index (χ0n) is 14.9. The summed E-state index contributed by atoms with van der Waals surface area (Å²) in [5.41, 5.74) is 1.19. The Labute approximate surface area is 159 Å². The molecule has 0 aliphatic carbocycles. The zero-order valence-corrected chi connectivity index (χ0v) is 15.7. The fourth-order valence-corrected chi connectivity index (χ4v) is 2.77. The van der Waals surface area contributed by atoms with Crippen LogP contribution >= 0.6 is 11.6 Å². The highest BCUT2D eigenvalue weighted by atomic mass is 35.5. The molecule has 27 heavy (non-hydrogen) atoms. The maximum Gasteiger partial charge on any atom is 0.417 e. The van der Waals surface area contributed by atoms with Crippen LogP contribution in [-0.2, 0) is 15.8 Å². The van der Waals surface area contributed by atoms with Crippen molar-refractivity contribution in [2.45, 2.75) is 26.9 Å². The van der Waals surface area contributed by atoms with E-state index < -0.39 is 22.7 Å². The van der Waals surface area contributed by atoms with E-state index in [1.807, 2.05) is 19.1 Å². The third-order valence-corrected chi connectivity index (χ3v) is 4.22. The van der Waals surface area contributed by atoms with E-state index in [0.717, 1.165) is 23.3 Å². The van der Waals surface area contributed by atoms with Gasteiger partial charge in [-0.1, -0.05) is 23.7 Å². The Balaban J connectivity index is 2.23. The minimum atomic E-state index is -4.64. The lowest BCUT2D eigenvalue weighted by Gasteiger charge is -2.23. The second-order valence-electron chi connectivity index (χ2n) is 6.14. The summed E-state index contributed by atoms with van der Waals surface area (Å²) >= 11 is 5.57. The van der Waals surface area contributed by atoms with Gasteiger partial charge in [-0.3, -0.25) is 9.59 Å². The molecule has 8 heteroatoms. The molecular formula is C19H18ClF3N2O2. The van der Waals surface area contributed by atoms with Gasteiger partial charge in [-0.25, -0.2) is 0 Å². The lowest BCUT2D eigenvalue weighted by molar-refractivity contribution is -0.137. The van der Waals surface area contributed by atoms with Crippen LogP contribution in [0.4, 0.5) is 24.5 Å². The number of rotatable bonds is 4. The summed E-state index contributed by atoms with van der Waals surface area (Å²) in [4.78, 5) is 25.6. The average molecular weight is 399 g/mol. The van der Waals surface area contributed by atoms with Crippen molar-refractivity contribution >= 4 is 34.8 Å². The highest BCUT2D eigenvalue weighted by Gasteiger charge is 2.33. The Hall–Kier alpha value is -2.54. The van der Waals surface area contributed by atoms with Gasteiger partial charge in [-0.15, -0.1) is 0 Å². The van der Waals surface area contributed by atoms with Gasteiger partial charge < -0.3 is 10.2 Å². The first-order chi connectivity index (χ1) is 12.5. The fraction of sp³-hybridized carbons (Fsp3) is 0.263. The van der Waals surface area contributed by atoms with E-state index in [9.17, 15) is 22.8 Å². The quantitative estimate of drug-likeness (QED) is 0.790. The molecule has 2 aromatic rings. The van der Waals surface area contributed by atoms with Crippen molar-refractivity contribution < 1.29 is 22.8 Å². The number of benzene rings is 2. The van der Waals surface area contributed by atoms with Crippen molar-refractivity contribution in [1.29, 1.82) is 0 Å². The van der Waals surface area contributed by atoms with Gasteiger partial charge in [-0.2, -0.15) is 13.2 Å². The predicted molar refractivity (Wildman–Crippen MR) is 99.0 cm³/mol. The molecule has 2 aromatic carbocycles. The molecule has 1 N–H and O–H groups in total. The van der Waals surface area contributed by atoms with Crippen molar-refractivity contribution in [3.05, 3.63) is 58.1 Å². The zero-order chi connectivity index (χ0) is 20.4. The van der Waals surface area contributed by atoms with E-state index in [-0.39, 0.29) is 18.1 Å². The van der Waals surface area contributed by atoms with Crippen LogP contribution in [0.1, 0.15) is 23.6 Å². The van der Waals surface area contributed by atoms with Gasteiger partial charge in [0.2, 0.25) is 11.8 Å². The Morgan fingerprint density at radius 3 is 2.37 bits per heavy atom. The monoisotopic (exact) mass is 398 g/mol. The lowest BCUT2D eigenvalue weighted by Crippen LogP contribution is -2.37. The molecule has 2 amide bonds. The number of amides is 2. The van der Waals surface area contributed by atoms with Crippen LogP contribution in [0.15, 0.2) is 36.4 Å². The highest BCUT2D eigenvalue weighted by Crippen LogP contribution is 2.36. The van der Waals surface area contributed by atoms with Crippen molar-refractivity contribution in [2.75, 3.05) is 16.8 Å². The standard InChI is InChI=1S/C19H18ClF3N2O2/c1-11-4-5-12(2)17(8-11)25(13(3)26)10-18(27)24-14-6-7-16(20)15(9-14)19(21,22)23/h4-9H,10H2,1-3H3,(H,24,27). The molecule has 0 atom stereocenters. The van der Waals surface area contributed by atoms with Gasteiger partial charge >= 0.3 is 6.18 Å². The molecule has 4 nitrogen and oxygen atoms in total. The molecule has 2 rings (SSSR count). The van der Waals surface area contributed by atoms with E-state index in [2.05, 4.69) is 5.32 Å². The molecule has 0 aliphatic heterocycles. The van der Waals surface area contributed by atoms with Crippen LogP contribution < -0.4 is 10.2 Å². The molecule has 0 radical (unpaired) electrons. The number of alkyl halides is 3. The number of nitrogens with one attached hydrogen (secondary N) is 1. The maximum absolute atomic E-state index is 12.9. The Morgan fingerprint density at radius 1 is 1.11 bits per heavy atom. The number of halogens is 4. The van der Waals surface area contributed by atoms with E-state index in [1.165, 1.54) is 17.9 Å². The predicted octanol–water partition coefficient (Wildman–Crippen LogP) is 4.97. The van der Waals surface area contributed by atoms with Gasteiger partial charge in [0.05, 0.1) is 10.6 Å². The normalized spacial score (nSPS) is 11.2. The second kappa shape index (κ2) is 8.00. The molecule has 0 aliphatic rings. The Bertz CT molecular complexity index is 882. The van der Waals surface area contributed by atoms with Crippen LogP contribution in [0.5, 0.6) is 0 Å². The lowest BCUT2D eigenvalue weighted by atomic mass is 10.1. The summed E-state index contributed by atoms with van der Waals surface area (Å²) in [5, 5.41) is 1.92. The van der Waals surface area contributed by atoms with Gasteiger partial charge in [0, 0.05) is 18.3 Å². The molecule has 0 spiro atoms. The van der Waals surface area contributed by atoms with Crippen LogP contribution in [0, 0.1) is 13.8 Å². The topological polar surface area (TPSA) is 49.4 Å². The van der Waals surface area contributed by atoms with E-state index in [1.54, 1.807) is 13.0 Å². The fourth-order valence-electron chi connectivity index (χ4n) is 2.54. The average Bonchev–Trinajstić information content (AvgIpc) is 2.55. The molecule has 0 saturated carbocycles. The Kier molecular flexibility index (Phi) is 6.15. The molecule has 0 fully saturated rings. The van der Waals surface area contributed by atoms with E-state index in [4.69, 9.17) is 11.6 Å². The highest BCUT2D eigenvalue weighted by molar-refractivity contribution is 6.31. The summed E-state index contributed by atoms with van der Waals surface area (Å²) < 4.78 is 38.8. The van der Waals surface area contributed by atoms with E-state index in [0.29, 0.717) is 5.69 Å². The van der Waals surface area contributed by atoms with Gasteiger partial charge in [-0.05, 0) is 49.2 Å². The van der Waals surface area contributed by atoms with Gasteiger partial charge in [0.1, 0.15) is 6.54 Å². The first-order valence-corrected chi connectivity index (χ1v) is 8.39. The smallest absolute Gasteiger partial charge is 0.325 e. The summed E-state index contributed by atoms with van der Waals surface area (Å²) in [5.74, 6) is -0.979. The molecule has 0 heterocycles. The minimum absolute atomic E-state index is 0.0545. The first kappa shape index (κ1) is 20.8. The third-order valence-electron chi connectivity index (χ3n) is 3.89. The van der Waals surface area contributed by atoms with Gasteiger partial charge in [0.25, 0.3) is 0 Å². The summed E-state index contributed by atoms with van der Waals surface area (Å²) in [6.07, 6.45) is -4.64. The van der Waals surface area contributed by atoms with Crippen LogP contribution in [0.25, 0.3) is 0 Å². The largest absolute Gasteiger partial charge is 0.417 e.